The van der Waals surface area contributed by atoms with E-state index >= 15 is 0 Å². The van der Waals surface area contributed by atoms with E-state index in [1.807, 2.05) is 42.0 Å². The summed E-state index contributed by atoms with van der Waals surface area (Å²) in [6.07, 6.45) is 1.90. The maximum Gasteiger partial charge on any atom is 0.325 e. The zero-order valence-corrected chi connectivity index (χ0v) is 10.7. The van der Waals surface area contributed by atoms with Crippen molar-refractivity contribution in [2.45, 2.75) is 20.4 Å². The van der Waals surface area contributed by atoms with Crippen LogP contribution in [0.1, 0.15) is 12.5 Å². The first-order valence-electron chi connectivity index (χ1n) is 6.09. The van der Waals surface area contributed by atoms with Crippen LogP contribution in [0.5, 0.6) is 0 Å². The van der Waals surface area contributed by atoms with Crippen LogP contribution in [0.3, 0.4) is 0 Å². The first-order valence-corrected chi connectivity index (χ1v) is 6.09. The average molecular weight is 243 g/mol. The molecule has 2 rings (SSSR count). The second-order valence-corrected chi connectivity index (χ2v) is 4.14. The fraction of sp³-hybridized carbons (Fsp3) is 0.267. The van der Waals surface area contributed by atoms with Crippen molar-refractivity contribution in [2.75, 3.05) is 6.61 Å². The molecular formula is C15H17NO2. The maximum absolute atomic E-state index is 11.5. The topological polar surface area (TPSA) is 31.2 Å². The molecule has 1 heterocycles. The molecule has 0 saturated carbocycles. The summed E-state index contributed by atoms with van der Waals surface area (Å²) in [6.45, 7) is 4.55. The van der Waals surface area contributed by atoms with Crippen LogP contribution in [0.2, 0.25) is 0 Å². The smallest absolute Gasteiger partial charge is 0.325 e. The molecule has 0 spiro atoms. The molecule has 94 valence electrons. The standard InChI is InChI=1S/C15H17NO2/c1-3-18-15(17)11-16-10-6-9-14(16)13-8-5-4-7-12(13)2/h4-10H,3,11H2,1-2H3. The molecule has 0 aliphatic heterocycles. The maximum atomic E-state index is 11.5. The molecule has 0 bridgehead atoms. The van der Waals surface area contributed by atoms with Crippen LogP contribution in [0.4, 0.5) is 0 Å². The highest BCUT2D eigenvalue weighted by molar-refractivity contribution is 5.72. The number of hydrogen-bond donors (Lipinski definition) is 0. The molecule has 0 unspecified atom stereocenters. The first-order chi connectivity index (χ1) is 8.72. The second-order valence-electron chi connectivity index (χ2n) is 4.14. The van der Waals surface area contributed by atoms with Crippen molar-refractivity contribution in [2.24, 2.45) is 0 Å². The van der Waals surface area contributed by atoms with Gasteiger partial charge in [0.25, 0.3) is 0 Å². The number of nitrogens with zero attached hydrogens (tertiary/aromatic N) is 1. The van der Waals surface area contributed by atoms with Crippen LogP contribution in [0, 0.1) is 6.92 Å². The number of esters is 1. The molecule has 2 aromatic rings. The summed E-state index contributed by atoms with van der Waals surface area (Å²) in [7, 11) is 0. The van der Waals surface area contributed by atoms with E-state index in [2.05, 4.69) is 19.1 Å². The lowest BCUT2D eigenvalue weighted by Crippen LogP contribution is -2.13. The summed E-state index contributed by atoms with van der Waals surface area (Å²) in [5.41, 5.74) is 3.38. The summed E-state index contributed by atoms with van der Waals surface area (Å²) < 4.78 is 6.89. The van der Waals surface area contributed by atoms with Crippen molar-refractivity contribution in [1.82, 2.24) is 4.57 Å². The summed E-state index contributed by atoms with van der Waals surface area (Å²) in [5.74, 6) is -0.205. The van der Waals surface area contributed by atoms with E-state index in [9.17, 15) is 4.79 Å². The quantitative estimate of drug-likeness (QED) is 0.773. The second kappa shape index (κ2) is 5.54. The van der Waals surface area contributed by atoms with Gasteiger partial charge in [-0.25, -0.2) is 0 Å². The third kappa shape index (κ3) is 2.62. The third-order valence-electron chi connectivity index (χ3n) is 2.86. The Kier molecular flexibility index (Phi) is 3.82. The van der Waals surface area contributed by atoms with E-state index in [1.165, 1.54) is 5.56 Å². The molecule has 3 nitrogen and oxygen atoms in total. The van der Waals surface area contributed by atoms with E-state index in [1.54, 1.807) is 0 Å². The van der Waals surface area contributed by atoms with Crippen molar-refractivity contribution in [3.8, 4) is 11.3 Å². The number of aromatic nitrogens is 1. The average Bonchev–Trinajstić information content (AvgIpc) is 2.78. The number of hydrogen-bond acceptors (Lipinski definition) is 2. The van der Waals surface area contributed by atoms with Crippen LogP contribution in [0.25, 0.3) is 11.3 Å². The van der Waals surface area contributed by atoms with Crippen molar-refractivity contribution < 1.29 is 9.53 Å². The number of ether oxygens (including phenoxy) is 1. The number of carbonyl (C=O) groups excluding carboxylic acids is 1. The predicted octanol–water partition coefficient (Wildman–Crippen LogP) is 3.03. The normalized spacial score (nSPS) is 10.3. The van der Waals surface area contributed by atoms with E-state index < -0.39 is 0 Å². The Bertz CT molecular complexity index is 543. The molecule has 0 aliphatic carbocycles. The summed E-state index contributed by atoms with van der Waals surface area (Å²) in [6, 6.07) is 12.1. The van der Waals surface area contributed by atoms with Crippen LogP contribution in [0.15, 0.2) is 42.6 Å². The molecule has 0 atom stereocenters. The predicted molar refractivity (Wildman–Crippen MR) is 71.2 cm³/mol. The molecule has 18 heavy (non-hydrogen) atoms. The largest absolute Gasteiger partial charge is 0.465 e. The molecule has 1 aromatic heterocycles. The van der Waals surface area contributed by atoms with Gasteiger partial charge in [0.15, 0.2) is 0 Å². The Balaban J connectivity index is 2.28. The highest BCUT2D eigenvalue weighted by Gasteiger charge is 2.09. The molecule has 1 aromatic carbocycles. The van der Waals surface area contributed by atoms with Gasteiger partial charge >= 0.3 is 5.97 Å². The van der Waals surface area contributed by atoms with Gasteiger partial charge in [-0.15, -0.1) is 0 Å². The molecule has 0 aliphatic rings. The van der Waals surface area contributed by atoms with E-state index in [-0.39, 0.29) is 12.5 Å². The Morgan fingerprint density at radius 2 is 2.00 bits per heavy atom. The van der Waals surface area contributed by atoms with Gasteiger partial charge in [-0.3, -0.25) is 4.79 Å². The van der Waals surface area contributed by atoms with Gasteiger partial charge in [0.1, 0.15) is 6.54 Å². The minimum absolute atomic E-state index is 0.205. The minimum atomic E-state index is -0.205. The zero-order valence-electron chi connectivity index (χ0n) is 10.7. The van der Waals surface area contributed by atoms with Gasteiger partial charge in [-0.1, -0.05) is 24.3 Å². The van der Waals surface area contributed by atoms with Crippen LogP contribution in [-0.2, 0) is 16.1 Å². The lowest BCUT2D eigenvalue weighted by molar-refractivity contribution is -0.143. The van der Waals surface area contributed by atoms with E-state index in [0.717, 1.165) is 11.3 Å². The molecule has 0 amide bonds. The monoisotopic (exact) mass is 243 g/mol. The van der Waals surface area contributed by atoms with Gasteiger partial charge in [-0.2, -0.15) is 0 Å². The number of carbonyl (C=O) groups is 1. The highest BCUT2D eigenvalue weighted by Crippen LogP contribution is 2.23. The molecule has 0 fully saturated rings. The summed E-state index contributed by atoms with van der Waals surface area (Å²) in [5, 5.41) is 0. The number of rotatable bonds is 4. The minimum Gasteiger partial charge on any atom is -0.465 e. The van der Waals surface area contributed by atoms with Crippen molar-refractivity contribution in [1.29, 1.82) is 0 Å². The fourth-order valence-corrected chi connectivity index (χ4v) is 2.00. The van der Waals surface area contributed by atoms with Crippen molar-refractivity contribution in [3.05, 3.63) is 48.2 Å². The van der Waals surface area contributed by atoms with Gasteiger partial charge in [0.05, 0.1) is 6.61 Å². The van der Waals surface area contributed by atoms with Gasteiger partial charge in [-0.05, 0) is 31.5 Å². The third-order valence-corrected chi connectivity index (χ3v) is 2.86. The van der Waals surface area contributed by atoms with Crippen LogP contribution >= 0.6 is 0 Å². The molecule has 3 heteroatoms. The lowest BCUT2D eigenvalue weighted by Gasteiger charge is -2.10. The van der Waals surface area contributed by atoms with Crippen LogP contribution in [-0.4, -0.2) is 17.1 Å². The lowest BCUT2D eigenvalue weighted by atomic mass is 10.1. The summed E-state index contributed by atoms with van der Waals surface area (Å²) >= 11 is 0. The SMILES string of the molecule is CCOC(=O)Cn1cccc1-c1ccccc1C. The Labute approximate surface area is 107 Å². The first kappa shape index (κ1) is 12.4. The molecule has 0 N–H and O–H groups in total. The number of benzene rings is 1. The van der Waals surface area contributed by atoms with Crippen molar-refractivity contribution >= 4 is 5.97 Å². The molecule has 0 saturated heterocycles. The van der Waals surface area contributed by atoms with Crippen molar-refractivity contribution in [3.63, 3.8) is 0 Å². The van der Waals surface area contributed by atoms with E-state index in [4.69, 9.17) is 4.74 Å². The Hall–Kier alpha value is -2.03. The van der Waals surface area contributed by atoms with Gasteiger partial charge < -0.3 is 9.30 Å². The summed E-state index contributed by atoms with van der Waals surface area (Å²) in [4.78, 5) is 11.5. The van der Waals surface area contributed by atoms with E-state index in [0.29, 0.717) is 6.61 Å². The zero-order chi connectivity index (χ0) is 13.0. The molecular weight excluding hydrogens is 226 g/mol. The number of aryl methyl sites for hydroxylation is 1. The molecule has 0 radical (unpaired) electrons. The van der Waals surface area contributed by atoms with Gasteiger partial charge in [0, 0.05) is 17.5 Å². The van der Waals surface area contributed by atoms with Crippen LogP contribution < -0.4 is 0 Å². The Morgan fingerprint density at radius 1 is 1.22 bits per heavy atom. The fourth-order valence-electron chi connectivity index (χ4n) is 2.00. The highest BCUT2D eigenvalue weighted by atomic mass is 16.5. The van der Waals surface area contributed by atoms with Gasteiger partial charge in [0.2, 0.25) is 0 Å². The Morgan fingerprint density at radius 3 is 2.72 bits per heavy atom.